The molecule has 1 fully saturated rings. The number of hydrogen-bond donors (Lipinski definition) is 2. The summed E-state index contributed by atoms with van der Waals surface area (Å²) in [5.74, 6) is 0.393. The third kappa shape index (κ3) is 3.10. The molecule has 8 heteroatoms. The molecular weight excluding hydrogens is 358 g/mol. The molecule has 0 aliphatic carbocycles. The van der Waals surface area contributed by atoms with Crippen LogP contribution in [0.15, 0.2) is 30.6 Å². The van der Waals surface area contributed by atoms with Crippen molar-refractivity contribution in [1.82, 2.24) is 14.4 Å². The van der Waals surface area contributed by atoms with Crippen molar-refractivity contribution in [1.29, 1.82) is 0 Å². The highest BCUT2D eigenvalue weighted by Gasteiger charge is 2.38. The fraction of sp³-hybridized carbons (Fsp3) is 0.350. The Morgan fingerprint density at radius 2 is 2.14 bits per heavy atom. The highest BCUT2D eigenvalue weighted by atomic mass is 16.5. The van der Waals surface area contributed by atoms with Gasteiger partial charge in [-0.2, -0.15) is 0 Å². The first-order valence-electron chi connectivity index (χ1n) is 9.08. The van der Waals surface area contributed by atoms with Crippen LogP contribution in [0.1, 0.15) is 23.4 Å². The molecule has 0 bridgehead atoms. The maximum atomic E-state index is 11.2. The number of amides is 2. The Hall–Kier alpha value is -2.97. The Kier molecular flexibility index (Phi) is 4.52. The molecule has 1 saturated heterocycles. The summed E-state index contributed by atoms with van der Waals surface area (Å²) in [5, 5.41) is 2.53. The van der Waals surface area contributed by atoms with Crippen LogP contribution in [0.2, 0.25) is 0 Å². The summed E-state index contributed by atoms with van der Waals surface area (Å²) < 4.78 is 13.4. The smallest absolute Gasteiger partial charge is 0.317 e. The van der Waals surface area contributed by atoms with Crippen molar-refractivity contribution in [2.45, 2.75) is 25.9 Å². The summed E-state index contributed by atoms with van der Waals surface area (Å²) in [6.45, 7) is 5.19. The fourth-order valence-corrected chi connectivity index (χ4v) is 3.71. The van der Waals surface area contributed by atoms with E-state index in [2.05, 4.69) is 22.4 Å². The number of aryl methyl sites for hydroxylation is 2. The van der Waals surface area contributed by atoms with Gasteiger partial charge >= 0.3 is 6.03 Å². The molecule has 1 aliphatic rings. The van der Waals surface area contributed by atoms with Crippen LogP contribution < -0.4 is 11.1 Å². The Morgan fingerprint density at radius 1 is 1.32 bits per heavy atom. The van der Waals surface area contributed by atoms with Crippen LogP contribution in [-0.2, 0) is 15.1 Å². The van der Waals surface area contributed by atoms with Crippen LogP contribution >= 0.6 is 0 Å². The summed E-state index contributed by atoms with van der Waals surface area (Å²) in [7, 11) is 1.70. The molecule has 1 atom stereocenters. The van der Waals surface area contributed by atoms with E-state index in [1.54, 1.807) is 19.5 Å². The van der Waals surface area contributed by atoms with Crippen LogP contribution in [0.5, 0.6) is 0 Å². The van der Waals surface area contributed by atoms with Crippen molar-refractivity contribution in [2.24, 2.45) is 5.73 Å². The minimum atomic E-state index is -0.652. The maximum absolute atomic E-state index is 11.2. The second-order valence-electron chi connectivity index (χ2n) is 7.13. The van der Waals surface area contributed by atoms with Crippen molar-refractivity contribution in [3.05, 3.63) is 47.5 Å². The highest BCUT2D eigenvalue weighted by molar-refractivity contribution is 5.89. The van der Waals surface area contributed by atoms with E-state index in [1.807, 2.05) is 24.3 Å². The van der Waals surface area contributed by atoms with Gasteiger partial charge in [-0.3, -0.25) is 5.32 Å². The number of ether oxygens (including phenoxy) is 2. The summed E-state index contributed by atoms with van der Waals surface area (Å²) in [5.41, 5.74) is 10.3. The zero-order valence-electron chi connectivity index (χ0n) is 16.2. The number of nitrogens with two attached hydrogens (primary N) is 1. The minimum Gasteiger partial charge on any atom is -0.378 e. The standard InChI is InChI=1S/C20H23N5O3/c1-12-6-15(23-17(7-12)20(27-3)4-5-28-10-20)14-8-13(2)25-11-22-18(9-16(14)25)24-19(21)26/h6-9,11H,4-5,10H2,1-3H3,(H3,21,24,26)/t20-/m0/s1. The van der Waals surface area contributed by atoms with Crippen LogP contribution in [0, 0.1) is 13.8 Å². The summed E-state index contributed by atoms with van der Waals surface area (Å²) in [6.07, 6.45) is 2.43. The van der Waals surface area contributed by atoms with E-state index >= 15 is 0 Å². The van der Waals surface area contributed by atoms with E-state index in [9.17, 15) is 4.79 Å². The highest BCUT2D eigenvalue weighted by Crippen LogP contribution is 2.36. The average Bonchev–Trinajstić information content (AvgIpc) is 3.26. The predicted molar refractivity (Wildman–Crippen MR) is 105 cm³/mol. The van der Waals surface area contributed by atoms with E-state index < -0.39 is 11.6 Å². The molecule has 4 rings (SSSR count). The van der Waals surface area contributed by atoms with E-state index in [1.165, 1.54) is 0 Å². The summed E-state index contributed by atoms with van der Waals surface area (Å²) in [4.78, 5) is 20.4. The van der Waals surface area contributed by atoms with Crippen molar-refractivity contribution in [3.63, 3.8) is 0 Å². The molecule has 0 spiro atoms. The summed E-state index contributed by atoms with van der Waals surface area (Å²) >= 11 is 0. The van der Waals surface area contributed by atoms with E-state index in [0.29, 0.717) is 19.0 Å². The normalized spacial score (nSPS) is 19.2. The number of rotatable bonds is 4. The molecule has 3 aromatic heterocycles. The molecule has 0 saturated carbocycles. The van der Waals surface area contributed by atoms with Gasteiger partial charge in [-0.25, -0.2) is 14.8 Å². The lowest BCUT2D eigenvalue weighted by atomic mass is 9.95. The lowest BCUT2D eigenvalue weighted by Crippen LogP contribution is -2.30. The van der Waals surface area contributed by atoms with Gasteiger partial charge in [-0.05, 0) is 37.6 Å². The number of urea groups is 1. The first-order valence-corrected chi connectivity index (χ1v) is 9.08. The van der Waals surface area contributed by atoms with Gasteiger partial charge in [0.1, 0.15) is 17.7 Å². The van der Waals surface area contributed by atoms with E-state index in [4.69, 9.17) is 20.2 Å². The molecule has 8 nitrogen and oxygen atoms in total. The van der Waals surface area contributed by atoms with Crippen molar-refractivity contribution in [2.75, 3.05) is 25.6 Å². The topological polar surface area (TPSA) is 104 Å². The van der Waals surface area contributed by atoms with Crippen LogP contribution in [-0.4, -0.2) is 40.7 Å². The molecule has 0 unspecified atom stereocenters. The number of carbonyl (C=O) groups is 1. The molecule has 0 radical (unpaired) electrons. The number of anilines is 1. The van der Waals surface area contributed by atoms with Gasteiger partial charge in [0.05, 0.1) is 23.5 Å². The van der Waals surface area contributed by atoms with Gasteiger partial charge in [0.15, 0.2) is 0 Å². The number of hydrogen-bond acceptors (Lipinski definition) is 5. The molecule has 3 N–H and O–H groups in total. The molecule has 4 heterocycles. The fourth-order valence-electron chi connectivity index (χ4n) is 3.71. The molecule has 2 amide bonds. The van der Waals surface area contributed by atoms with Gasteiger partial charge in [-0.15, -0.1) is 0 Å². The first-order chi connectivity index (χ1) is 13.4. The second kappa shape index (κ2) is 6.88. The zero-order chi connectivity index (χ0) is 19.9. The molecular formula is C20H23N5O3. The maximum Gasteiger partial charge on any atom is 0.317 e. The number of primary amides is 1. The van der Waals surface area contributed by atoms with Crippen LogP contribution in [0.3, 0.4) is 0 Å². The number of fused-ring (bicyclic) bond motifs is 1. The molecule has 1 aliphatic heterocycles. The lowest BCUT2D eigenvalue weighted by Gasteiger charge is -2.26. The van der Waals surface area contributed by atoms with Gasteiger partial charge < -0.3 is 19.6 Å². The number of pyridine rings is 1. The van der Waals surface area contributed by atoms with Gasteiger partial charge in [0, 0.05) is 37.5 Å². The van der Waals surface area contributed by atoms with Crippen LogP contribution in [0.25, 0.3) is 16.8 Å². The molecule has 0 aromatic carbocycles. The van der Waals surface area contributed by atoms with Crippen LogP contribution in [0.4, 0.5) is 10.6 Å². The van der Waals surface area contributed by atoms with Crippen molar-refractivity contribution >= 4 is 17.4 Å². The predicted octanol–water partition coefficient (Wildman–Crippen LogP) is 2.77. The lowest BCUT2D eigenvalue weighted by molar-refractivity contribution is -0.0245. The third-order valence-electron chi connectivity index (χ3n) is 5.19. The Balaban J connectivity index is 1.87. The SMILES string of the molecule is CO[C@@]1(c2cc(C)cc(-c3cc(C)n4cnc(NC(N)=O)cc34)n2)CCOC1. The summed E-state index contributed by atoms with van der Waals surface area (Å²) in [6, 6.07) is 7.29. The zero-order valence-corrected chi connectivity index (χ0v) is 16.2. The quantitative estimate of drug-likeness (QED) is 0.723. The Labute approximate surface area is 162 Å². The number of nitrogens with one attached hydrogen (secondary N) is 1. The minimum absolute atomic E-state index is 0.393. The average molecular weight is 381 g/mol. The van der Waals surface area contributed by atoms with Gasteiger partial charge in [0.2, 0.25) is 0 Å². The van der Waals surface area contributed by atoms with Gasteiger partial charge in [-0.1, -0.05) is 0 Å². The molecule has 3 aromatic rings. The third-order valence-corrected chi connectivity index (χ3v) is 5.19. The van der Waals surface area contributed by atoms with E-state index in [0.717, 1.165) is 40.1 Å². The second-order valence-corrected chi connectivity index (χ2v) is 7.13. The molecule has 28 heavy (non-hydrogen) atoms. The number of nitrogens with zero attached hydrogens (tertiary/aromatic N) is 3. The van der Waals surface area contributed by atoms with Crippen molar-refractivity contribution < 1.29 is 14.3 Å². The molecule has 146 valence electrons. The number of methoxy groups -OCH3 is 1. The Bertz CT molecular complexity index is 1050. The van der Waals surface area contributed by atoms with Gasteiger partial charge in [0.25, 0.3) is 0 Å². The van der Waals surface area contributed by atoms with E-state index in [-0.39, 0.29) is 0 Å². The largest absolute Gasteiger partial charge is 0.378 e. The van der Waals surface area contributed by atoms with Crippen molar-refractivity contribution in [3.8, 4) is 11.3 Å². The Morgan fingerprint density at radius 3 is 2.82 bits per heavy atom. The number of carbonyl (C=O) groups excluding carboxylic acids is 1. The monoisotopic (exact) mass is 381 g/mol. The first kappa shape index (κ1) is 18.4. The number of aromatic nitrogens is 3.